The minimum Gasteiger partial charge on any atom is -0.261 e. The highest BCUT2D eigenvalue weighted by atomic mass is 14.7. The fourth-order valence-electron chi connectivity index (χ4n) is 1.61. The van der Waals surface area contributed by atoms with Gasteiger partial charge in [0.25, 0.3) is 0 Å². The summed E-state index contributed by atoms with van der Waals surface area (Å²) < 4.78 is 0. The predicted octanol–water partition coefficient (Wildman–Crippen LogP) is 3.77. The fourth-order valence-corrected chi connectivity index (χ4v) is 1.61. The Morgan fingerprint density at radius 2 is 2.21 bits per heavy atom. The van der Waals surface area contributed by atoms with E-state index in [1.807, 2.05) is 6.20 Å². The highest BCUT2D eigenvalue weighted by molar-refractivity contribution is 5.55. The van der Waals surface area contributed by atoms with Gasteiger partial charge in [-0.1, -0.05) is 25.5 Å². The van der Waals surface area contributed by atoms with Crippen LogP contribution in [0.15, 0.2) is 18.3 Å². The second kappa shape index (κ2) is 5.58. The first kappa shape index (κ1) is 11.0. The van der Waals surface area contributed by atoms with Gasteiger partial charge in [0.2, 0.25) is 0 Å². The molecule has 0 N–H and O–H groups in total. The average Bonchev–Trinajstić information content (AvgIpc) is 2.19. The molecular formula is C13H19N. The van der Waals surface area contributed by atoms with Crippen LogP contribution in [0.1, 0.15) is 43.5 Å². The zero-order valence-electron chi connectivity index (χ0n) is 9.38. The summed E-state index contributed by atoms with van der Waals surface area (Å²) in [6, 6.07) is 2.14. The molecule has 0 aromatic carbocycles. The number of aryl methyl sites for hydroxylation is 2. The molecule has 1 aromatic rings. The molecular weight excluding hydrogens is 170 g/mol. The zero-order valence-corrected chi connectivity index (χ0v) is 9.38. The van der Waals surface area contributed by atoms with Crippen LogP contribution in [0.5, 0.6) is 0 Å². The van der Waals surface area contributed by atoms with Crippen molar-refractivity contribution in [2.75, 3.05) is 0 Å². The van der Waals surface area contributed by atoms with E-state index in [0.717, 1.165) is 5.69 Å². The summed E-state index contributed by atoms with van der Waals surface area (Å²) in [5.41, 5.74) is 3.87. The van der Waals surface area contributed by atoms with Crippen LogP contribution < -0.4 is 0 Å². The summed E-state index contributed by atoms with van der Waals surface area (Å²) in [7, 11) is 0. The van der Waals surface area contributed by atoms with Crippen molar-refractivity contribution in [3.63, 3.8) is 0 Å². The average molecular weight is 189 g/mol. The number of pyridine rings is 1. The van der Waals surface area contributed by atoms with E-state index in [4.69, 9.17) is 0 Å². The number of allylic oxidation sites excluding steroid dienone is 1. The summed E-state index contributed by atoms with van der Waals surface area (Å²) in [6.07, 6.45) is 9.82. The molecule has 14 heavy (non-hydrogen) atoms. The normalized spacial score (nSPS) is 11.1. The molecule has 0 fully saturated rings. The van der Waals surface area contributed by atoms with Crippen molar-refractivity contribution in [1.82, 2.24) is 4.98 Å². The van der Waals surface area contributed by atoms with Gasteiger partial charge in [-0.2, -0.15) is 0 Å². The van der Waals surface area contributed by atoms with Gasteiger partial charge < -0.3 is 0 Å². The van der Waals surface area contributed by atoms with Crippen LogP contribution in [0, 0.1) is 6.92 Å². The molecule has 1 rings (SSSR count). The van der Waals surface area contributed by atoms with Crippen LogP contribution in [-0.2, 0) is 6.42 Å². The van der Waals surface area contributed by atoms with Crippen molar-refractivity contribution >= 4 is 6.08 Å². The molecule has 0 unspecified atom stereocenters. The molecule has 0 amide bonds. The van der Waals surface area contributed by atoms with Crippen LogP contribution in [0.2, 0.25) is 0 Å². The van der Waals surface area contributed by atoms with Gasteiger partial charge in [-0.3, -0.25) is 4.98 Å². The number of hydrogen-bond acceptors (Lipinski definition) is 1. The van der Waals surface area contributed by atoms with E-state index in [1.54, 1.807) is 0 Å². The fraction of sp³-hybridized carbons (Fsp3) is 0.462. The summed E-state index contributed by atoms with van der Waals surface area (Å²) in [4.78, 5) is 4.32. The minimum atomic E-state index is 1.14. The molecule has 0 saturated carbocycles. The van der Waals surface area contributed by atoms with Crippen molar-refractivity contribution < 1.29 is 0 Å². The van der Waals surface area contributed by atoms with Crippen molar-refractivity contribution in [3.05, 3.63) is 35.2 Å². The third-order valence-corrected chi connectivity index (χ3v) is 2.41. The molecule has 1 heterocycles. The van der Waals surface area contributed by atoms with Gasteiger partial charge >= 0.3 is 0 Å². The van der Waals surface area contributed by atoms with E-state index in [-0.39, 0.29) is 0 Å². The maximum Gasteiger partial charge on any atom is 0.0447 e. The van der Waals surface area contributed by atoms with Crippen LogP contribution in [0.25, 0.3) is 6.08 Å². The summed E-state index contributed by atoms with van der Waals surface area (Å²) in [5, 5.41) is 0. The van der Waals surface area contributed by atoms with Crippen molar-refractivity contribution in [3.8, 4) is 0 Å². The van der Waals surface area contributed by atoms with Crippen LogP contribution in [-0.4, -0.2) is 4.98 Å². The lowest BCUT2D eigenvalue weighted by atomic mass is 10.0. The van der Waals surface area contributed by atoms with Gasteiger partial charge in [-0.15, -0.1) is 0 Å². The molecule has 0 aliphatic heterocycles. The quantitative estimate of drug-likeness (QED) is 0.702. The molecule has 0 radical (unpaired) electrons. The number of hydrogen-bond donors (Lipinski definition) is 0. The van der Waals surface area contributed by atoms with Gasteiger partial charge in [0.05, 0.1) is 0 Å². The highest BCUT2D eigenvalue weighted by Crippen LogP contribution is 2.16. The molecule has 1 nitrogen and oxygen atoms in total. The Morgan fingerprint density at radius 1 is 1.43 bits per heavy atom. The highest BCUT2D eigenvalue weighted by Gasteiger charge is 2.02. The minimum absolute atomic E-state index is 1.14. The maximum atomic E-state index is 4.32. The third-order valence-electron chi connectivity index (χ3n) is 2.41. The van der Waals surface area contributed by atoms with Gasteiger partial charge in [0.1, 0.15) is 0 Å². The zero-order chi connectivity index (χ0) is 10.4. The summed E-state index contributed by atoms with van der Waals surface area (Å²) in [5.74, 6) is 0. The summed E-state index contributed by atoms with van der Waals surface area (Å²) in [6.45, 7) is 6.35. The Hall–Kier alpha value is -1.11. The second-order valence-electron chi connectivity index (χ2n) is 3.57. The number of unbranched alkanes of at least 4 members (excludes halogenated alkanes) is 1. The van der Waals surface area contributed by atoms with Crippen molar-refractivity contribution in [1.29, 1.82) is 0 Å². The molecule has 0 saturated heterocycles. The van der Waals surface area contributed by atoms with Gasteiger partial charge in [-0.25, -0.2) is 0 Å². The molecule has 1 aromatic heterocycles. The number of rotatable bonds is 4. The Bertz CT molecular complexity index is 313. The smallest absolute Gasteiger partial charge is 0.0447 e. The standard InChI is InChI=1S/C13H19N/c1-4-6-8-12-9-10-14-11(3)13(12)7-5-2/h5,7,9-10H,4,6,8H2,1-3H3/b7-5-. The van der Waals surface area contributed by atoms with E-state index in [1.165, 1.54) is 30.4 Å². The largest absolute Gasteiger partial charge is 0.261 e. The van der Waals surface area contributed by atoms with Crippen molar-refractivity contribution in [2.24, 2.45) is 0 Å². The molecule has 1 heteroatoms. The third kappa shape index (κ3) is 2.69. The SMILES string of the molecule is C/C=C\c1c(CCCC)ccnc1C. The molecule has 0 spiro atoms. The molecule has 76 valence electrons. The van der Waals surface area contributed by atoms with Gasteiger partial charge in [-0.05, 0) is 43.9 Å². The molecule has 0 aliphatic rings. The first-order valence-corrected chi connectivity index (χ1v) is 5.36. The first-order valence-electron chi connectivity index (χ1n) is 5.36. The van der Waals surface area contributed by atoms with Gasteiger partial charge in [0.15, 0.2) is 0 Å². The van der Waals surface area contributed by atoms with Crippen LogP contribution in [0.3, 0.4) is 0 Å². The Labute approximate surface area is 86.9 Å². The topological polar surface area (TPSA) is 12.9 Å². The van der Waals surface area contributed by atoms with E-state index in [9.17, 15) is 0 Å². The maximum absolute atomic E-state index is 4.32. The Kier molecular flexibility index (Phi) is 4.37. The Morgan fingerprint density at radius 3 is 2.86 bits per heavy atom. The van der Waals surface area contributed by atoms with Crippen LogP contribution in [0.4, 0.5) is 0 Å². The summed E-state index contributed by atoms with van der Waals surface area (Å²) >= 11 is 0. The lowest BCUT2D eigenvalue weighted by Crippen LogP contribution is -1.94. The van der Waals surface area contributed by atoms with Gasteiger partial charge in [0, 0.05) is 11.9 Å². The molecule has 0 aliphatic carbocycles. The van der Waals surface area contributed by atoms with E-state index in [2.05, 4.69) is 44.0 Å². The molecule has 0 atom stereocenters. The first-order chi connectivity index (χ1) is 6.79. The Balaban J connectivity index is 2.95. The second-order valence-corrected chi connectivity index (χ2v) is 3.57. The number of aromatic nitrogens is 1. The lowest BCUT2D eigenvalue weighted by Gasteiger charge is -2.07. The lowest BCUT2D eigenvalue weighted by molar-refractivity contribution is 0.791. The van der Waals surface area contributed by atoms with Crippen molar-refractivity contribution in [2.45, 2.75) is 40.0 Å². The monoisotopic (exact) mass is 189 g/mol. The van der Waals surface area contributed by atoms with E-state index in [0.29, 0.717) is 0 Å². The van der Waals surface area contributed by atoms with Crippen LogP contribution >= 0.6 is 0 Å². The predicted molar refractivity (Wildman–Crippen MR) is 62.3 cm³/mol. The van der Waals surface area contributed by atoms with E-state index >= 15 is 0 Å². The number of nitrogens with zero attached hydrogens (tertiary/aromatic N) is 1. The molecule has 0 bridgehead atoms. The van der Waals surface area contributed by atoms with E-state index < -0.39 is 0 Å².